The summed E-state index contributed by atoms with van der Waals surface area (Å²) in [5.41, 5.74) is 0.880. The molecule has 1 aromatic carbocycles. The van der Waals surface area contributed by atoms with Crippen molar-refractivity contribution in [1.82, 2.24) is 4.90 Å². The maximum atomic E-state index is 11.9. The van der Waals surface area contributed by atoms with Gasteiger partial charge in [0.1, 0.15) is 5.75 Å². The minimum Gasteiger partial charge on any atom is -0.494 e. The van der Waals surface area contributed by atoms with Crippen LogP contribution in [0.5, 0.6) is 5.75 Å². The number of ether oxygens (including phenoxy) is 1. The smallest absolute Gasteiger partial charge is 0.293 e. The third kappa shape index (κ3) is 2.98. The van der Waals surface area contributed by atoms with Crippen molar-refractivity contribution >= 4 is 29.0 Å². The van der Waals surface area contributed by atoms with Crippen molar-refractivity contribution in [1.29, 1.82) is 0 Å². The molecule has 100 valence electrons. The van der Waals surface area contributed by atoms with Crippen molar-refractivity contribution < 1.29 is 14.3 Å². The molecule has 4 nitrogen and oxygen atoms in total. The summed E-state index contributed by atoms with van der Waals surface area (Å²) in [5.74, 6) is 0.577. The number of nitrogens with zero attached hydrogens (tertiary/aromatic N) is 1. The van der Waals surface area contributed by atoms with Crippen LogP contribution in [0.2, 0.25) is 0 Å². The fourth-order valence-electron chi connectivity index (χ4n) is 1.75. The van der Waals surface area contributed by atoms with E-state index in [1.807, 2.05) is 31.2 Å². The number of hydrogen-bond donors (Lipinski definition) is 0. The maximum Gasteiger partial charge on any atom is 0.293 e. The summed E-state index contributed by atoms with van der Waals surface area (Å²) >= 11 is 0.983. The first-order valence-corrected chi connectivity index (χ1v) is 6.95. The number of rotatable bonds is 4. The van der Waals surface area contributed by atoms with Crippen molar-refractivity contribution in [3.63, 3.8) is 0 Å². The second kappa shape index (κ2) is 5.93. The fraction of sp³-hybridized carbons (Fsp3) is 0.286. The van der Waals surface area contributed by atoms with Gasteiger partial charge in [0.15, 0.2) is 0 Å². The Labute approximate surface area is 116 Å². The molecule has 2 rings (SSSR count). The van der Waals surface area contributed by atoms with Crippen molar-refractivity contribution in [3.8, 4) is 5.75 Å². The quantitative estimate of drug-likeness (QED) is 0.793. The molecule has 1 aliphatic heterocycles. The highest BCUT2D eigenvalue weighted by atomic mass is 32.2. The highest BCUT2D eigenvalue weighted by molar-refractivity contribution is 8.18. The van der Waals surface area contributed by atoms with E-state index >= 15 is 0 Å². The molecule has 1 heterocycles. The normalized spacial score (nSPS) is 17.4. The lowest BCUT2D eigenvalue weighted by molar-refractivity contribution is -0.122. The highest BCUT2D eigenvalue weighted by Crippen LogP contribution is 2.32. The van der Waals surface area contributed by atoms with Gasteiger partial charge in [-0.15, -0.1) is 0 Å². The van der Waals surface area contributed by atoms with Gasteiger partial charge in [0, 0.05) is 6.54 Å². The minimum atomic E-state index is -0.216. The lowest BCUT2D eigenvalue weighted by atomic mass is 10.2. The van der Waals surface area contributed by atoms with Gasteiger partial charge in [-0.05, 0) is 49.4 Å². The molecule has 0 bridgehead atoms. The molecule has 1 fully saturated rings. The van der Waals surface area contributed by atoms with Crippen LogP contribution in [0.4, 0.5) is 4.79 Å². The fourth-order valence-corrected chi connectivity index (χ4v) is 2.65. The number of imide groups is 1. The first kappa shape index (κ1) is 13.7. The summed E-state index contributed by atoms with van der Waals surface area (Å²) in [6.07, 6.45) is 1.73. The molecule has 19 heavy (non-hydrogen) atoms. The zero-order chi connectivity index (χ0) is 13.8. The van der Waals surface area contributed by atoms with Gasteiger partial charge in [-0.3, -0.25) is 14.5 Å². The summed E-state index contributed by atoms with van der Waals surface area (Å²) in [7, 11) is 0. The first-order chi connectivity index (χ1) is 9.15. The molecule has 1 aliphatic rings. The highest BCUT2D eigenvalue weighted by Gasteiger charge is 2.33. The summed E-state index contributed by atoms with van der Waals surface area (Å²) < 4.78 is 5.35. The lowest BCUT2D eigenvalue weighted by Gasteiger charge is -2.07. The van der Waals surface area contributed by atoms with Crippen molar-refractivity contribution in [2.45, 2.75) is 13.8 Å². The zero-order valence-corrected chi connectivity index (χ0v) is 11.7. The number of carbonyl (C=O) groups excluding carboxylic acids is 2. The van der Waals surface area contributed by atoms with E-state index in [1.54, 1.807) is 13.0 Å². The average Bonchev–Trinajstić information content (AvgIpc) is 2.67. The van der Waals surface area contributed by atoms with E-state index in [0.29, 0.717) is 18.1 Å². The number of thioether (sulfide) groups is 1. The Kier molecular flexibility index (Phi) is 4.27. The molecule has 0 aliphatic carbocycles. The summed E-state index contributed by atoms with van der Waals surface area (Å²) in [6.45, 7) is 4.74. The van der Waals surface area contributed by atoms with Crippen molar-refractivity contribution in [3.05, 3.63) is 34.7 Å². The number of benzene rings is 1. The average molecular weight is 277 g/mol. The third-order valence-corrected chi connectivity index (χ3v) is 3.59. The van der Waals surface area contributed by atoms with Gasteiger partial charge in [0.2, 0.25) is 0 Å². The van der Waals surface area contributed by atoms with Crippen LogP contribution in [0.25, 0.3) is 6.08 Å². The number of likely N-dealkylation sites (N-methyl/N-ethyl adjacent to an activating group) is 1. The van der Waals surface area contributed by atoms with Crippen LogP contribution >= 0.6 is 11.8 Å². The van der Waals surface area contributed by atoms with Crippen LogP contribution in [-0.2, 0) is 4.79 Å². The largest absolute Gasteiger partial charge is 0.494 e. The van der Waals surface area contributed by atoms with Crippen LogP contribution in [0.1, 0.15) is 19.4 Å². The summed E-state index contributed by atoms with van der Waals surface area (Å²) in [5, 5.41) is -0.204. The third-order valence-electron chi connectivity index (χ3n) is 2.68. The van der Waals surface area contributed by atoms with Crippen molar-refractivity contribution in [2.75, 3.05) is 13.2 Å². The minimum absolute atomic E-state index is 0.204. The van der Waals surface area contributed by atoms with Crippen LogP contribution in [0.3, 0.4) is 0 Å². The number of hydrogen-bond acceptors (Lipinski definition) is 4. The molecule has 1 aromatic rings. The monoisotopic (exact) mass is 277 g/mol. The van der Waals surface area contributed by atoms with Gasteiger partial charge in [-0.2, -0.15) is 0 Å². The van der Waals surface area contributed by atoms with E-state index < -0.39 is 0 Å². The second-order valence-corrected chi connectivity index (χ2v) is 4.92. The van der Waals surface area contributed by atoms with E-state index in [-0.39, 0.29) is 11.1 Å². The Bertz CT molecular complexity index is 522. The SMILES string of the molecule is CCOc1ccc(/C=C2/SC(=O)N(CC)C2=O)cc1. The van der Waals surface area contributed by atoms with Gasteiger partial charge in [0.25, 0.3) is 11.1 Å². The zero-order valence-electron chi connectivity index (χ0n) is 10.9. The van der Waals surface area contributed by atoms with Gasteiger partial charge in [-0.25, -0.2) is 0 Å². The molecule has 0 saturated carbocycles. The maximum absolute atomic E-state index is 11.9. The summed E-state index contributed by atoms with van der Waals surface area (Å²) in [4.78, 5) is 25.2. The topological polar surface area (TPSA) is 46.6 Å². The summed E-state index contributed by atoms with van der Waals surface area (Å²) in [6, 6.07) is 7.43. The van der Waals surface area contributed by atoms with Crippen LogP contribution in [0, 0.1) is 0 Å². The van der Waals surface area contributed by atoms with Crippen molar-refractivity contribution in [2.24, 2.45) is 0 Å². The molecule has 5 heteroatoms. The van der Waals surface area contributed by atoms with Gasteiger partial charge >= 0.3 is 0 Å². The van der Waals surface area contributed by atoms with E-state index in [1.165, 1.54) is 4.90 Å². The van der Waals surface area contributed by atoms with Crippen LogP contribution < -0.4 is 4.74 Å². The lowest BCUT2D eigenvalue weighted by Crippen LogP contribution is -2.27. The van der Waals surface area contributed by atoms with E-state index in [0.717, 1.165) is 23.1 Å². The molecule has 0 atom stereocenters. The standard InChI is InChI=1S/C14H15NO3S/c1-3-15-13(16)12(19-14(15)17)9-10-5-7-11(8-6-10)18-4-2/h5-9H,3-4H2,1-2H3/b12-9+. The Morgan fingerprint density at radius 1 is 1.21 bits per heavy atom. The second-order valence-electron chi connectivity index (χ2n) is 3.93. The molecule has 0 unspecified atom stereocenters. The van der Waals surface area contributed by atoms with E-state index in [9.17, 15) is 9.59 Å². The van der Waals surface area contributed by atoms with E-state index in [2.05, 4.69) is 0 Å². The predicted molar refractivity (Wildman–Crippen MR) is 76.0 cm³/mol. The van der Waals surface area contributed by atoms with Crippen LogP contribution in [-0.4, -0.2) is 29.2 Å². The van der Waals surface area contributed by atoms with Gasteiger partial charge < -0.3 is 4.74 Å². The molecular weight excluding hydrogens is 262 g/mol. The number of carbonyl (C=O) groups is 2. The molecule has 0 N–H and O–H groups in total. The van der Waals surface area contributed by atoms with Crippen LogP contribution in [0.15, 0.2) is 29.2 Å². The van der Waals surface area contributed by atoms with Gasteiger partial charge in [0.05, 0.1) is 11.5 Å². The molecule has 1 saturated heterocycles. The molecule has 0 aromatic heterocycles. The number of amides is 2. The van der Waals surface area contributed by atoms with E-state index in [4.69, 9.17) is 4.74 Å². The van der Waals surface area contributed by atoms with Gasteiger partial charge in [-0.1, -0.05) is 12.1 Å². The molecule has 0 radical (unpaired) electrons. The Morgan fingerprint density at radius 3 is 2.42 bits per heavy atom. The first-order valence-electron chi connectivity index (χ1n) is 6.14. The molecule has 2 amide bonds. The predicted octanol–water partition coefficient (Wildman–Crippen LogP) is 3.14. The molecular formula is C14H15NO3S. The Balaban J connectivity index is 2.18. The molecule has 0 spiro atoms. The Morgan fingerprint density at radius 2 is 1.89 bits per heavy atom. The Hall–Kier alpha value is -1.75.